The van der Waals surface area contributed by atoms with E-state index in [9.17, 15) is 18.0 Å². The fourth-order valence-corrected chi connectivity index (χ4v) is 3.28. The highest BCUT2D eigenvalue weighted by Crippen LogP contribution is 2.29. The summed E-state index contributed by atoms with van der Waals surface area (Å²) in [7, 11) is 0. The van der Waals surface area contributed by atoms with Gasteiger partial charge in [-0.15, -0.1) is 5.10 Å². The van der Waals surface area contributed by atoms with Crippen LogP contribution in [0, 0.1) is 6.92 Å². The number of aromatic nitrogens is 4. The minimum Gasteiger partial charge on any atom is -0.353 e. The van der Waals surface area contributed by atoms with Crippen LogP contribution in [0.15, 0.2) is 48.7 Å². The van der Waals surface area contributed by atoms with Gasteiger partial charge < -0.3 is 9.80 Å². The fourth-order valence-electron chi connectivity index (χ4n) is 3.28. The van der Waals surface area contributed by atoms with Crippen molar-refractivity contribution in [2.45, 2.75) is 13.1 Å². The summed E-state index contributed by atoms with van der Waals surface area (Å²) in [6, 6.07) is 11.7. The van der Waals surface area contributed by atoms with Crippen LogP contribution in [0.1, 0.15) is 21.7 Å². The molecule has 1 aliphatic heterocycles. The van der Waals surface area contributed by atoms with E-state index in [1.807, 2.05) is 35.2 Å². The maximum Gasteiger partial charge on any atom is 0.417 e. The van der Waals surface area contributed by atoms with Gasteiger partial charge in [0.15, 0.2) is 5.69 Å². The first kappa shape index (κ1) is 19.9. The van der Waals surface area contributed by atoms with Crippen LogP contribution in [-0.4, -0.2) is 57.0 Å². The average Bonchev–Trinajstić information content (AvgIpc) is 3.15. The topological polar surface area (TPSA) is 67.2 Å². The van der Waals surface area contributed by atoms with Crippen LogP contribution in [0.2, 0.25) is 0 Å². The van der Waals surface area contributed by atoms with Gasteiger partial charge >= 0.3 is 6.18 Å². The number of piperazine rings is 1. The minimum absolute atomic E-state index is 0.213. The number of aryl methyl sites for hydroxylation is 1. The summed E-state index contributed by atoms with van der Waals surface area (Å²) < 4.78 is 38.1. The van der Waals surface area contributed by atoms with Gasteiger partial charge in [0.25, 0.3) is 5.91 Å². The third-order valence-electron chi connectivity index (χ3n) is 4.94. The Bertz CT molecular complexity index is 1020. The number of hydrogen-bond acceptors (Lipinski definition) is 5. The number of benzene rings is 1. The van der Waals surface area contributed by atoms with Crippen LogP contribution in [0.5, 0.6) is 0 Å². The van der Waals surface area contributed by atoms with Crippen molar-refractivity contribution in [3.05, 3.63) is 65.6 Å². The Morgan fingerprint density at radius 2 is 1.67 bits per heavy atom. The number of halogens is 3. The molecule has 0 radical (unpaired) electrons. The van der Waals surface area contributed by atoms with Gasteiger partial charge in [0.05, 0.1) is 16.9 Å². The van der Waals surface area contributed by atoms with Crippen LogP contribution in [0.4, 0.5) is 19.0 Å². The van der Waals surface area contributed by atoms with Crippen molar-refractivity contribution in [1.29, 1.82) is 0 Å². The van der Waals surface area contributed by atoms with Crippen molar-refractivity contribution in [3.63, 3.8) is 0 Å². The monoisotopic (exact) mass is 416 g/mol. The van der Waals surface area contributed by atoms with E-state index in [-0.39, 0.29) is 5.91 Å². The Labute approximate surface area is 170 Å². The molecule has 0 bridgehead atoms. The molecule has 3 heterocycles. The van der Waals surface area contributed by atoms with Gasteiger partial charge in [-0.1, -0.05) is 18.2 Å². The summed E-state index contributed by atoms with van der Waals surface area (Å²) >= 11 is 0. The average molecular weight is 416 g/mol. The number of alkyl halides is 3. The van der Waals surface area contributed by atoms with Crippen molar-refractivity contribution in [3.8, 4) is 5.69 Å². The summed E-state index contributed by atoms with van der Waals surface area (Å²) in [6.07, 6.45) is -3.58. The lowest BCUT2D eigenvalue weighted by Gasteiger charge is -2.35. The lowest BCUT2D eigenvalue weighted by Crippen LogP contribution is -2.49. The highest BCUT2D eigenvalue weighted by molar-refractivity contribution is 5.93. The minimum atomic E-state index is -4.41. The molecule has 3 aromatic rings. The van der Waals surface area contributed by atoms with E-state index in [1.54, 1.807) is 11.8 Å². The molecule has 2 aromatic heterocycles. The lowest BCUT2D eigenvalue weighted by atomic mass is 10.2. The maximum absolute atomic E-state index is 12.9. The van der Waals surface area contributed by atoms with E-state index in [1.165, 1.54) is 10.9 Å². The molecule has 0 aliphatic carbocycles. The van der Waals surface area contributed by atoms with Gasteiger partial charge in [-0.2, -0.15) is 23.1 Å². The van der Waals surface area contributed by atoms with E-state index in [0.717, 1.165) is 18.0 Å². The summed E-state index contributed by atoms with van der Waals surface area (Å²) in [5.74, 6) is 0.246. The Morgan fingerprint density at radius 3 is 2.27 bits per heavy atom. The Morgan fingerprint density at radius 1 is 0.967 bits per heavy atom. The molecule has 1 aromatic carbocycles. The third-order valence-corrected chi connectivity index (χ3v) is 4.94. The Hall–Kier alpha value is -3.43. The van der Waals surface area contributed by atoms with Gasteiger partial charge in [-0.3, -0.25) is 4.79 Å². The highest BCUT2D eigenvalue weighted by atomic mass is 19.4. The number of carbonyl (C=O) groups is 1. The second-order valence-electron chi connectivity index (χ2n) is 6.94. The van der Waals surface area contributed by atoms with Crippen molar-refractivity contribution < 1.29 is 18.0 Å². The quantitative estimate of drug-likeness (QED) is 0.657. The van der Waals surface area contributed by atoms with Gasteiger partial charge in [-0.25, -0.2) is 4.98 Å². The fraction of sp³-hybridized carbons (Fsp3) is 0.300. The number of pyridine rings is 1. The van der Waals surface area contributed by atoms with Gasteiger partial charge in [0.1, 0.15) is 5.82 Å². The second kappa shape index (κ2) is 7.77. The number of nitrogens with zero attached hydrogens (tertiary/aromatic N) is 6. The van der Waals surface area contributed by atoms with Gasteiger partial charge in [0.2, 0.25) is 0 Å². The maximum atomic E-state index is 12.9. The molecule has 0 unspecified atom stereocenters. The summed E-state index contributed by atoms with van der Waals surface area (Å²) in [5, 5.41) is 8.68. The normalized spacial score (nSPS) is 14.8. The van der Waals surface area contributed by atoms with E-state index in [0.29, 0.717) is 43.4 Å². The largest absolute Gasteiger partial charge is 0.417 e. The third kappa shape index (κ3) is 3.98. The predicted molar refractivity (Wildman–Crippen MR) is 103 cm³/mol. The first-order valence-corrected chi connectivity index (χ1v) is 9.40. The number of anilines is 1. The number of rotatable bonds is 3. The molecular weight excluding hydrogens is 397 g/mol. The van der Waals surface area contributed by atoms with Crippen LogP contribution in [0.25, 0.3) is 5.69 Å². The summed E-state index contributed by atoms with van der Waals surface area (Å²) in [4.78, 5) is 21.8. The first-order chi connectivity index (χ1) is 14.3. The van der Waals surface area contributed by atoms with Crippen LogP contribution >= 0.6 is 0 Å². The predicted octanol–water partition coefficient (Wildman–Crippen LogP) is 2.95. The molecule has 7 nitrogen and oxygen atoms in total. The number of carbonyl (C=O) groups excluding carboxylic acids is 1. The van der Waals surface area contributed by atoms with E-state index in [4.69, 9.17) is 0 Å². The van der Waals surface area contributed by atoms with Crippen molar-refractivity contribution in [1.82, 2.24) is 24.9 Å². The lowest BCUT2D eigenvalue weighted by molar-refractivity contribution is -0.137. The summed E-state index contributed by atoms with van der Waals surface area (Å²) in [5.41, 5.74) is 0.811. The van der Waals surface area contributed by atoms with Crippen molar-refractivity contribution >= 4 is 11.7 Å². The molecule has 0 saturated carbocycles. The zero-order valence-corrected chi connectivity index (χ0v) is 16.2. The van der Waals surface area contributed by atoms with Crippen molar-refractivity contribution in [2.24, 2.45) is 0 Å². The second-order valence-corrected chi connectivity index (χ2v) is 6.94. The highest BCUT2D eigenvalue weighted by Gasteiger charge is 2.31. The van der Waals surface area contributed by atoms with Gasteiger partial charge in [0, 0.05) is 32.4 Å². The Kier molecular flexibility index (Phi) is 5.15. The number of hydrogen-bond donors (Lipinski definition) is 0. The molecule has 1 saturated heterocycles. The molecule has 10 heteroatoms. The molecule has 0 N–H and O–H groups in total. The molecule has 1 aliphatic rings. The SMILES string of the molecule is Cc1nn(-c2ccccc2)nc1C(=O)N1CCN(c2ccc(C(F)(F)F)cn2)CC1. The van der Waals surface area contributed by atoms with Gasteiger partial charge in [-0.05, 0) is 31.2 Å². The number of para-hydroxylation sites is 1. The van der Waals surface area contributed by atoms with E-state index in [2.05, 4.69) is 15.2 Å². The molecular formula is C20H19F3N6O. The smallest absolute Gasteiger partial charge is 0.353 e. The molecule has 1 amide bonds. The molecule has 0 spiro atoms. The standard InChI is InChI=1S/C20H19F3N6O/c1-14-18(26-29(25-14)16-5-3-2-4-6-16)19(30)28-11-9-27(10-12-28)17-8-7-15(13-24-17)20(21,22)23/h2-8,13H,9-12H2,1H3. The molecule has 1 fully saturated rings. The van der Waals surface area contributed by atoms with E-state index >= 15 is 0 Å². The zero-order chi connectivity index (χ0) is 21.3. The zero-order valence-electron chi connectivity index (χ0n) is 16.2. The van der Waals surface area contributed by atoms with Crippen molar-refractivity contribution in [2.75, 3.05) is 31.1 Å². The number of amides is 1. The Balaban J connectivity index is 1.42. The molecule has 156 valence electrons. The molecule has 30 heavy (non-hydrogen) atoms. The van der Waals surface area contributed by atoms with E-state index < -0.39 is 11.7 Å². The molecule has 0 atom stereocenters. The first-order valence-electron chi connectivity index (χ1n) is 9.40. The van der Waals surface area contributed by atoms with Crippen LogP contribution in [0.3, 0.4) is 0 Å². The van der Waals surface area contributed by atoms with Crippen LogP contribution < -0.4 is 4.90 Å². The summed E-state index contributed by atoms with van der Waals surface area (Å²) in [6.45, 7) is 3.51. The molecule has 4 rings (SSSR count). The van der Waals surface area contributed by atoms with Crippen LogP contribution in [-0.2, 0) is 6.18 Å².